The molecule has 3 aromatic rings. The number of aryl methyl sites for hydroxylation is 1. The van der Waals surface area contributed by atoms with Crippen LogP contribution in [0.3, 0.4) is 0 Å². The number of alkyl halides is 3. The first-order chi connectivity index (χ1) is 11.9. The fourth-order valence-electron chi connectivity index (χ4n) is 2.63. The van der Waals surface area contributed by atoms with Crippen molar-refractivity contribution in [3.05, 3.63) is 71.8 Å². The van der Waals surface area contributed by atoms with E-state index < -0.39 is 12.6 Å². The summed E-state index contributed by atoms with van der Waals surface area (Å²) in [7, 11) is 0. The molecule has 0 spiro atoms. The van der Waals surface area contributed by atoms with E-state index in [1.807, 2.05) is 31.2 Å². The molecule has 5 heteroatoms. The van der Waals surface area contributed by atoms with Gasteiger partial charge in [0.1, 0.15) is 12.4 Å². The zero-order valence-corrected chi connectivity index (χ0v) is 13.9. The first kappa shape index (κ1) is 17.1. The lowest BCUT2D eigenvalue weighted by atomic mass is 9.96. The van der Waals surface area contributed by atoms with Crippen LogP contribution in [0.1, 0.15) is 23.9 Å². The van der Waals surface area contributed by atoms with E-state index >= 15 is 0 Å². The SMILES string of the molecule is Cc1ccc(-c2ccnc(C(C)(F)F)c2)cc1-c1ccc(CF)nc1. The van der Waals surface area contributed by atoms with Crippen molar-refractivity contribution in [1.82, 2.24) is 9.97 Å². The van der Waals surface area contributed by atoms with Gasteiger partial charge in [-0.3, -0.25) is 9.97 Å². The summed E-state index contributed by atoms with van der Waals surface area (Å²) in [5, 5.41) is 0. The summed E-state index contributed by atoms with van der Waals surface area (Å²) in [6, 6.07) is 12.3. The van der Waals surface area contributed by atoms with Gasteiger partial charge in [-0.05, 0) is 53.4 Å². The highest BCUT2D eigenvalue weighted by atomic mass is 19.3. The van der Waals surface area contributed by atoms with Crippen LogP contribution >= 0.6 is 0 Å². The maximum atomic E-state index is 13.5. The van der Waals surface area contributed by atoms with Crippen LogP contribution in [0.4, 0.5) is 13.2 Å². The lowest BCUT2D eigenvalue weighted by molar-refractivity contribution is 0.0128. The third-order valence-electron chi connectivity index (χ3n) is 4.05. The van der Waals surface area contributed by atoms with Gasteiger partial charge in [0.15, 0.2) is 0 Å². The van der Waals surface area contributed by atoms with Crippen LogP contribution in [0.15, 0.2) is 54.9 Å². The van der Waals surface area contributed by atoms with Gasteiger partial charge >= 0.3 is 0 Å². The van der Waals surface area contributed by atoms with Crippen LogP contribution in [-0.4, -0.2) is 9.97 Å². The number of hydrogen-bond acceptors (Lipinski definition) is 2. The molecule has 0 bridgehead atoms. The van der Waals surface area contributed by atoms with Crippen LogP contribution in [0.25, 0.3) is 22.3 Å². The van der Waals surface area contributed by atoms with Crippen molar-refractivity contribution >= 4 is 0 Å². The molecular formula is C20H17F3N2. The summed E-state index contributed by atoms with van der Waals surface area (Å²) in [5.74, 6) is -2.99. The van der Waals surface area contributed by atoms with Crippen molar-refractivity contribution in [2.24, 2.45) is 0 Å². The molecule has 0 atom stereocenters. The minimum absolute atomic E-state index is 0.263. The Labute approximate surface area is 144 Å². The van der Waals surface area contributed by atoms with Gasteiger partial charge in [0.25, 0.3) is 5.92 Å². The largest absolute Gasteiger partial charge is 0.286 e. The highest BCUT2D eigenvalue weighted by Gasteiger charge is 2.26. The highest BCUT2D eigenvalue weighted by Crippen LogP contribution is 2.32. The number of pyridine rings is 2. The molecule has 0 unspecified atom stereocenters. The predicted molar refractivity (Wildman–Crippen MR) is 92.0 cm³/mol. The van der Waals surface area contributed by atoms with Crippen LogP contribution in [0.5, 0.6) is 0 Å². The first-order valence-corrected chi connectivity index (χ1v) is 7.85. The molecule has 0 saturated carbocycles. The van der Waals surface area contributed by atoms with Crippen LogP contribution in [0.2, 0.25) is 0 Å². The summed E-state index contributed by atoms with van der Waals surface area (Å²) in [6.45, 7) is 2.18. The molecule has 0 amide bonds. The average molecular weight is 342 g/mol. The van der Waals surface area contributed by atoms with Crippen molar-refractivity contribution < 1.29 is 13.2 Å². The Hall–Kier alpha value is -2.69. The topological polar surface area (TPSA) is 25.8 Å². The maximum Gasteiger partial charge on any atom is 0.286 e. The number of benzene rings is 1. The van der Waals surface area contributed by atoms with Crippen LogP contribution in [0, 0.1) is 6.92 Å². The summed E-state index contributed by atoms with van der Waals surface area (Å²) >= 11 is 0. The van der Waals surface area contributed by atoms with Crippen molar-refractivity contribution in [3.63, 3.8) is 0 Å². The summed E-state index contributed by atoms with van der Waals surface area (Å²) in [5.41, 5.74) is 4.39. The number of halogens is 3. The fraction of sp³-hybridized carbons (Fsp3) is 0.200. The maximum absolute atomic E-state index is 13.5. The van der Waals surface area contributed by atoms with E-state index in [1.54, 1.807) is 18.3 Å². The average Bonchev–Trinajstić information content (AvgIpc) is 2.62. The Balaban J connectivity index is 2.04. The van der Waals surface area contributed by atoms with Crippen LogP contribution < -0.4 is 0 Å². The van der Waals surface area contributed by atoms with Gasteiger partial charge in [-0.1, -0.05) is 18.2 Å². The molecule has 0 fully saturated rings. The monoisotopic (exact) mass is 342 g/mol. The molecule has 2 nitrogen and oxygen atoms in total. The molecule has 0 aliphatic rings. The molecule has 0 aliphatic carbocycles. The van der Waals surface area contributed by atoms with E-state index in [4.69, 9.17) is 0 Å². The number of hydrogen-bond donors (Lipinski definition) is 0. The van der Waals surface area contributed by atoms with Crippen molar-refractivity contribution in [1.29, 1.82) is 0 Å². The van der Waals surface area contributed by atoms with Crippen molar-refractivity contribution in [3.8, 4) is 22.3 Å². The standard InChI is InChI=1S/C20H17F3N2/c1-13-3-4-14(15-7-8-24-19(10-15)20(2,22)23)9-18(13)16-5-6-17(11-21)25-12-16/h3-10,12H,11H2,1-2H3. The second-order valence-corrected chi connectivity index (χ2v) is 6.02. The van der Waals surface area contributed by atoms with E-state index in [2.05, 4.69) is 9.97 Å². The predicted octanol–water partition coefficient (Wildman–Crippen LogP) is 5.70. The lowest BCUT2D eigenvalue weighted by Crippen LogP contribution is -2.09. The molecule has 3 rings (SSSR count). The lowest BCUT2D eigenvalue weighted by Gasteiger charge is -2.13. The van der Waals surface area contributed by atoms with E-state index in [0.717, 1.165) is 29.2 Å². The Morgan fingerprint density at radius 2 is 1.64 bits per heavy atom. The molecule has 0 radical (unpaired) electrons. The molecule has 2 aromatic heterocycles. The van der Waals surface area contributed by atoms with Gasteiger partial charge in [-0.15, -0.1) is 0 Å². The summed E-state index contributed by atoms with van der Waals surface area (Å²) < 4.78 is 39.7. The van der Waals surface area contributed by atoms with Gasteiger partial charge in [-0.2, -0.15) is 8.78 Å². The molecule has 1 aromatic carbocycles. The minimum Gasteiger partial charge on any atom is -0.258 e. The third-order valence-corrected chi connectivity index (χ3v) is 4.05. The molecule has 128 valence electrons. The van der Waals surface area contributed by atoms with Gasteiger partial charge in [0, 0.05) is 24.9 Å². The molecule has 0 aliphatic heterocycles. The second-order valence-electron chi connectivity index (χ2n) is 6.02. The quantitative estimate of drug-likeness (QED) is 0.608. The fourth-order valence-corrected chi connectivity index (χ4v) is 2.63. The van der Waals surface area contributed by atoms with Gasteiger partial charge in [0.05, 0.1) is 5.69 Å². The van der Waals surface area contributed by atoms with E-state index in [-0.39, 0.29) is 5.69 Å². The Kier molecular flexibility index (Phi) is 4.57. The second kappa shape index (κ2) is 6.67. The van der Waals surface area contributed by atoms with Gasteiger partial charge in [0.2, 0.25) is 0 Å². The smallest absolute Gasteiger partial charge is 0.258 e. The third kappa shape index (κ3) is 3.71. The Morgan fingerprint density at radius 1 is 0.920 bits per heavy atom. The number of nitrogens with zero attached hydrogens (tertiary/aromatic N) is 2. The summed E-state index contributed by atoms with van der Waals surface area (Å²) in [6.07, 6.45) is 3.01. The molecule has 2 heterocycles. The Morgan fingerprint density at radius 3 is 2.28 bits per heavy atom. The van der Waals surface area contributed by atoms with Gasteiger partial charge < -0.3 is 0 Å². The summed E-state index contributed by atoms with van der Waals surface area (Å²) in [4.78, 5) is 7.84. The van der Waals surface area contributed by atoms with E-state index in [1.165, 1.54) is 12.3 Å². The van der Waals surface area contributed by atoms with Crippen LogP contribution in [-0.2, 0) is 12.6 Å². The normalized spacial score (nSPS) is 11.6. The number of aromatic nitrogens is 2. The first-order valence-electron chi connectivity index (χ1n) is 7.85. The minimum atomic E-state index is -2.99. The van der Waals surface area contributed by atoms with E-state index in [0.29, 0.717) is 11.3 Å². The number of rotatable bonds is 4. The Bertz CT molecular complexity index is 884. The van der Waals surface area contributed by atoms with Gasteiger partial charge in [-0.25, -0.2) is 4.39 Å². The van der Waals surface area contributed by atoms with Crippen molar-refractivity contribution in [2.45, 2.75) is 26.4 Å². The zero-order valence-electron chi connectivity index (χ0n) is 13.9. The molecule has 0 N–H and O–H groups in total. The molecular weight excluding hydrogens is 325 g/mol. The van der Waals surface area contributed by atoms with Crippen molar-refractivity contribution in [2.75, 3.05) is 0 Å². The zero-order chi connectivity index (χ0) is 18.0. The molecule has 25 heavy (non-hydrogen) atoms. The van der Waals surface area contributed by atoms with E-state index in [9.17, 15) is 13.2 Å². The molecule has 0 saturated heterocycles. The highest BCUT2D eigenvalue weighted by molar-refractivity contribution is 5.75.